The van der Waals surface area contributed by atoms with Crippen molar-refractivity contribution in [3.63, 3.8) is 0 Å². The highest BCUT2D eigenvalue weighted by molar-refractivity contribution is 5.92. The molecule has 0 saturated carbocycles. The molecular formula is C15H21N3O. The molecular weight excluding hydrogens is 238 g/mol. The van der Waals surface area contributed by atoms with E-state index in [1.165, 1.54) is 0 Å². The predicted molar refractivity (Wildman–Crippen MR) is 79.8 cm³/mol. The van der Waals surface area contributed by atoms with E-state index in [4.69, 9.17) is 10.5 Å². The zero-order chi connectivity index (χ0) is 13.7. The molecule has 1 aromatic heterocycles. The molecule has 0 bridgehead atoms. The van der Waals surface area contributed by atoms with Crippen LogP contribution in [0.25, 0.3) is 10.9 Å². The molecule has 0 fully saturated rings. The lowest BCUT2D eigenvalue weighted by molar-refractivity contribution is 0.340. The Morgan fingerprint density at radius 2 is 2.16 bits per heavy atom. The fraction of sp³-hybridized carbons (Fsp3) is 0.400. The summed E-state index contributed by atoms with van der Waals surface area (Å²) in [6.45, 7) is 6.22. The van der Waals surface area contributed by atoms with Gasteiger partial charge in [-0.2, -0.15) is 0 Å². The molecule has 19 heavy (non-hydrogen) atoms. The van der Waals surface area contributed by atoms with E-state index in [0.29, 0.717) is 13.2 Å². The standard InChI is InChI=1S/C15H21N3O/c1-3-19-12-5-6-14-13(10-12)15(9-11(2)18-14)17-8-4-7-16/h5-6,9-10H,3-4,7-8,16H2,1-2H3,(H,17,18). The first-order valence-corrected chi connectivity index (χ1v) is 6.72. The Balaban J connectivity index is 2.37. The zero-order valence-corrected chi connectivity index (χ0v) is 11.6. The van der Waals surface area contributed by atoms with Gasteiger partial charge < -0.3 is 15.8 Å². The summed E-state index contributed by atoms with van der Waals surface area (Å²) < 4.78 is 5.55. The number of nitrogens with zero attached hydrogens (tertiary/aromatic N) is 1. The van der Waals surface area contributed by atoms with E-state index in [1.54, 1.807) is 0 Å². The maximum atomic E-state index is 5.55. The molecule has 0 unspecified atom stereocenters. The van der Waals surface area contributed by atoms with Gasteiger partial charge in [0.2, 0.25) is 0 Å². The van der Waals surface area contributed by atoms with Crippen LogP contribution in [0.3, 0.4) is 0 Å². The molecule has 2 aromatic rings. The van der Waals surface area contributed by atoms with Gasteiger partial charge in [0.25, 0.3) is 0 Å². The van der Waals surface area contributed by atoms with E-state index in [-0.39, 0.29) is 0 Å². The third-order valence-corrected chi connectivity index (χ3v) is 2.92. The van der Waals surface area contributed by atoms with E-state index in [1.807, 2.05) is 32.0 Å². The average Bonchev–Trinajstić information content (AvgIpc) is 2.40. The lowest BCUT2D eigenvalue weighted by Crippen LogP contribution is -2.09. The number of anilines is 1. The summed E-state index contributed by atoms with van der Waals surface area (Å²) in [4.78, 5) is 4.55. The Bertz CT molecular complexity index is 554. The fourth-order valence-electron chi connectivity index (χ4n) is 2.07. The van der Waals surface area contributed by atoms with Gasteiger partial charge in [-0.05, 0) is 51.1 Å². The van der Waals surface area contributed by atoms with Crippen LogP contribution in [0.2, 0.25) is 0 Å². The largest absolute Gasteiger partial charge is 0.494 e. The van der Waals surface area contributed by atoms with Crippen molar-refractivity contribution in [2.75, 3.05) is 25.0 Å². The van der Waals surface area contributed by atoms with Crippen molar-refractivity contribution in [1.82, 2.24) is 4.98 Å². The van der Waals surface area contributed by atoms with Crippen LogP contribution in [0.1, 0.15) is 19.0 Å². The van der Waals surface area contributed by atoms with Gasteiger partial charge in [-0.15, -0.1) is 0 Å². The summed E-state index contributed by atoms with van der Waals surface area (Å²) >= 11 is 0. The number of benzene rings is 1. The Kier molecular flexibility index (Phi) is 4.58. The molecule has 0 aliphatic rings. The molecule has 0 aliphatic heterocycles. The minimum Gasteiger partial charge on any atom is -0.494 e. The highest BCUT2D eigenvalue weighted by Gasteiger charge is 2.05. The molecule has 3 N–H and O–H groups in total. The molecule has 4 heteroatoms. The molecule has 0 atom stereocenters. The van der Waals surface area contributed by atoms with Crippen LogP contribution < -0.4 is 15.8 Å². The van der Waals surface area contributed by atoms with Crippen LogP contribution in [0.15, 0.2) is 24.3 Å². The number of ether oxygens (including phenoxy) is 1. The van der Waals surface area contributed by atoms with Crippen molar-refractivity contribution in [2.45, 2.75) is 20.3 Å². The second kappa shape index (κ2) is 6.38. The molecule has 0 saturated heterocycles. The van der Waals surface area contributed by atoms with Crippen LogP contribution >= 0.6 is 0 Å². The second-order valence-corrected chi connectivity index (χ2v) is 4.49. The van der Waals surface area contributed by atoms with Crippen LogP contribution in [-0.4, -0.2) is 24.7 Å². The number of hydrogen-bond donors (Lipinski definition) is 2. The minimum atomic E-state index is 0.667. The topological polar surface area (TPSA) is 60.2 Å². The molecule has 0 amide bonds. The van der Waals surface area contributed by atoms with E-state index >= 15 is 0 Å². The number of aromatic nitrogens is 1. The highest BCUT2D eigenvalue weighted by Crippen LogP contribution is 2.27. The molecule has 102 valence electrons. The Morgan fingerprint density at radius 1 is 1.32 bits per heavy atom. The van der Waals surface area contributed by atoms with E-state index in [2.05, 4.69) is 16.4 Å². The minimum absolute atomic E-state index is 0.667. The first-order valence-electron chi connectivity index (χ1n) is 6.72. The van der Waals surface area contributed by atoms with Crippen LogP contribution in [0.4, 0.5) is 5.69 Å². The van der Waals surface area contributed by atoms with Crippen LogP contribution in [-0.2, 0) is 0 Å². The third kappa shape index (κ3) is 3.35. The number of hydrogen-bond acceptors (Lipinski definition) is 4. The SMILES string of the molecule is CCOc1ccc2nc(C)cc(NCCCN)c2c1. The first kappa shape index (κ1) is 13.6. The van der Waals surface area contributed by atoms with Crippen molar-refractivity contribution >= 4 is 16.6 Å². The van der Waals surface area contributed by atoms with Gasteiger partial charge >= 0.3 is 0 Å². The number of nitrogens with two attached hydrogens (primary N) is 1. The van der Waals surface area contributed by atoms with Crippen molar-refractivity contribution in [2.24, 2.45) is 5.73 Å². The summed E-state index contributed by atoms with van der Waals surface area (Å²) in [5.41, 5.74) is 8.61. The molecule has 2 rings (SSSR count). The summed E-state index contributed by atoms with van der Waals surface area (Å²) in [7, 11) is 0. The Hall–Kier alpha value is -1.81. The third-order valence-electron chi connectivity index (χ3n) is 2.92. The maximum Gasteiger partial charge on any atom is 0.120 e. The number of nitrogens with one attached hydrogen (secondary N) is 1. The highest BCUT2D eigenvalue weighted by atomic mass is 16.5. The monoisotopic (exact) mass is 259 g/mol. The number of aryl methyl sites for hydroxylation is 1. The normalized spacial score (nSPS) is 10.7. The van der Waals surface area contributed by atoms with Crippen molar-refractivity contribution < 1.29 is 4.74 Å². The zero-order valence-electron chi connectivity index (χ0n) is 11.6. The van der Waals surface area contributed by atoms with Crippen LogP contribution in [0.5, 0.6) is 5.75 Å². The number of pyridine rings is 1. The molecule has 4 nitrogen and oxygen atoms in total. The number of fused-ring (bicyclic) bond motifs is 1. The molecule has 0 radical (unpaired) electrons. The summed E-state index contributed by atoms with van der Waals surface area (Å²) in [6.07, 6.45) is 0.952. The summed E-state index contributed by atoms with van der Waals surface area (Å²) in [5.74, 6) is 0.877. The summed E-state index contributed by atoms with van der Waals surface area (Å²) in [6, 6.07) is 8.06. The molecule has 0 aliphatic carbocycles. The maximum absolute atomic E-state index is 5.55. The first-order chi connectivity index (χ1) is 9.24. The van der Waals surface area contributed by atoms with E-state index < -0.39 is 0 Å². The predicted octanol–water partition coefficient (Wildman–Crippen LogP) is 2.70. The molecule has 1 heterocycles. The Morgan fingerprint density at radius 3 is 2.89 bits per heavy atom. The quantitative estimate of drug-likeness (QED) is 0.783. The second-order valence-electron chi connectivity index (χ2n) is 4.49. The van der Waals surface area contributed by atoms with Gasteiger partial charge in [0.05, 0.1) is 12.1 Å². The van der Waals surface area contributed by atoms with Gasteiger partial charge in [-0.3, -0.25) is 4.98 Å². The smallest absolute Gasteiger partial charge is 0.120 e. The summed E-state index contributed by atoms with van der Waals surface area (Å²) in [5, 5.41) is 4.51. The lowest BCUT2D eigenvalue weighted by atomic mass is 10.1. The van der Waals surface area contributed by atoms with Gasteiger partial charge in [0, 0.05) is 23.3 Å². The Labute approximate surface area is 114 Å². The molecule has 1 aromatic carbocycles. The van der Waals surface area contributed by atoms with Gasteiger partial charge in [0.1, 0.15) is 5.75 Å². The molecule has 0 spiro atoms. The van der Waals surface area contributed by atoms with Crippen molar-refractivity contribution in [3.8, 4) is 5.75 Å². The van der Waals surface area contributed by atoms with Crippen LogP contribution in [0, 0.1) is 6.92 Å². The average molecular weight is 259 g/mol. The van der Waals surface area contributed by atoms with E-state index in [9.17, 15) is 0 Å². The van der Waals surface area contributed by atoms with E-state index in [0.717, 1.165) is 41.0 Å². The van der Waals surface area contributed by atoms with Crippen molar-refractivity contribution in [1.29, 1.82) is 0 Å². The fourth-order valence-corrected chi connectivity index (χ4v) is 2.07. The number of rotatable bonds is 6. The van der Waals surface area contributed by atoms with Gasteiger partial charge in [-0.25, -0.2) is 0 Å². The van der Waals surface area contributed by atoms with Gasteiger partial charge in [-0.1, -0.05) is 0 Å². The van der Waals surface area contributed by atoms with Crippen molar-refractivity contribution in [3.05, 3.63) is 30.0 Å². The van der Waals surface area contributed by atoms with Gasteiger partial charge in [0.15, 0.2) is 0 Å². The lowest BCUT2D eigenvalue weighted by Gasteiger charge is -2.12.